The lowest BCUT2D eigenvalue weighted by Crippen LogP contribution is -2.19. The summed E-state index contributed by atoms with van der Waals surface area (Å²) >= 11 is 0. The van der Waals surface area contributed by atoms with Crippen molar-refractivity contribution in [2.45, 2.75) is 13.0 Å². The van der Waals surface area contributed by atoms with Crippen molar-refractivity contribution in [1.82, 2.24) is 9.97 Å². The fourth-order valence-electron chi connectivity index (χ4n) is 1.03. The van der Waals surface area contributed by atoms with E-state index in [1.165, 1.54) is 13.3 Å². The Morgan fingerprint density at radius 2 is 2.29 bits per heavy atom. The number of carbonyl (C=O) groups excluding carboxylic acids is 1. The molecule has 0 bridgehead atoms. The van der Waals surface area contributed by atoms with Gasteiger partial charge in [-0.3, -0.25) is 4.79 Å². The van der Waals surface area contributed by atoms with E-state index < -0.39 is 5.91 Å². The van der Waals surface area contributed by atoms with Gasteiger partial charge >= 0.3 is 0 Å². The first-order valence-electron chi connectivity index (χ1n) is 4.01. The van der Waals surface area contributed by atoms with Crippen molar-refractivity contribution in [1.29, 1.82) is 0 Å². The third-order valence-electron chi connectivity index (χ3n) is 1.86. The molecule has 0 spiro atoms. The van der Waals surface area contributed by atoms with E-state index in [1.807, 2.05) is 0 Å². The maximum atomic E-state index is 11.0. The molecule has 76 valence electrons. The average Bonchev–Trinajstić information content (AvgIpc) is 2.16. The Hall–Kier alpha value is -1.69. The van der Waals surface area contributed by atoms with Crippen LogP contribution in [0.5, 0.6) is 0 Å². The zero-order valence-corrected chi connectivity index (χ0v) is 8.02. The smallest absolute Gasteiger partial charge is 0.267 e. The molecular formula is C8H12N4O2. The van der Waals surface area contributed by atoms with Gasteiger partial charge in [-0.1, -0.05) is 0 Å². The van der Waals surface area contributed by atoms with Crippen LogP contribution < -0.4 is 11.5 Å². The molecule has 0 saturated heterocycles. The van der Waals surface area contributed by atoms with Crippen molar-refractivity contribution in [3.63, 3.8) is 0 Å². The van der Waals surface area contributed by atoms with Crippen LogP contribution in [-0.4, -0.2) is 23.0 Å². The first-order valence-corrected chi connectivity index (χ1v) is 4.01. The van der Waals surface area contributed by atoms with Gasteiger partial charge in [0, 0.05) is 18.9 Å². The molecule has 0 aliphatic carbocycles. The van der Waals surface area contributed by atoms with Gasteiger partial charge in [-0.2, -0.15) is 0 Å². The number of anilines is 1. The number of rotatable bonds is 3. The number of ether oxygens (including phenoxy) is 1. The van der Waals surface area contributed by atoms with Crippen molar-refractivity contribution in [2.75, 3.05) is 12.8 Å². The molecule has 0 fully saturated rings. The monoisotopic (exact) mass is 196 g/mol. The summed E-state index contributed by atoms with van der Waals surface area (Å²) in [5.74, 6) is -0.621. The maximum Gasteiger partial charge on any atom is 0.267 e. The van der Waals surface area contributed by atoms with E-state index >= 15 is 0 Å². The molecule has 1 aromatic rings. The summed E-state index contributed by atoms with van der Waals surface area (Å²) in [7, 11) is 1.52. The van der Waals surface area contributed by atoms with E-state index in [0.29, 0.717) is 5.56 Å². The highest BCUT2D eigenvalue weighted by Crippen LogP contribution is 2.18. The van der Waals surface area contributed by atoms with Crippen LogP contribution in [0.15, 0.2) is 6.20 Å². The number of aromatic nitrogens is 2. The Labute approximate surface area is 81.3 Å². The molecule has 6 nitrogen and oxygen atoms in total. The van der Waals surface area contributed by atoms with E-state index in [1.54, 1.807) is 6.92 Å². The van der Waals surface area contributed by atoms with Crippen molar-refractivity contribution < 1.29 is 9.53 Å². The summed E-state index contributed by atoms with van der Waals surface area (Å²) in [4.78, 5) is 18.5. The van der Waals surface area contributed by atoms with Gasteiger partial charge in [0.1, 0.15) is 5.69 Å². The van der Waals surface area contributed by atoms with Crippen molar-refractivity contribution in [2.24, 2.45) is 5.73 Å². The van der Waals surface area contributed by atoms with Crippen LogP contribution >= 0.6 is 0 Å². The largest absolute Gasteiger partial charge is 0.377 e. The molecule has 1 rings (SSSR count). The summed E-state index contributed by atoms with van der Waals surface area (Å²) in [6, 6.07) is 0. The molecule has 6 heteroatoms. The minimum atomic E-state index is -0.641. The third-order valence-corrected chi connectivity index (χ3v) is 1.86. The van der Waals surface area contributed by atoms with Crippen LogP contribution in [0.4, 0.5) is 5.95 Å². The highest BCUT2D eigenvalue weighted by molar-refractivity contribution is 5.92. The number of hydrogen-bond acceptors (Lipinski definition) is 5. The third kappa shape index (κ3) is 1.97. The van der Waals surface area contributed by atoms with E-state index in [-0.39, 0.29) is 17.7 Å². The molecule has 0 saturated carbocycles. The van der Waals surface area contributed by atoms with Crippen LogP contribution in [0, 0.1) is 0 Å². The SMILES string of the molecule is COC(C)c1cnc(N)nc1C(N)=O. The summed E-state index contributed by atoms with van der Waals surface area (Å²) in [5, 5.41) is 0. The van der Waals surface area contributed by atoms with Gasteiger partial charge in [-0.25, -0.2) is 9.97 Å². The van der Waals surface area contributed by atoms with Gasteiger partial charge in [0.25, 0.3) is 5.91 Å². The summed E-state index contributed by atoms with van der Waals surface area (Å²) in [6.07, 6.45) is 1.15. The van der Waals surface area contributed by atoms with E-state index in [0.717, 1.165) is 0 Å². The molecule has 1 heterocycles. The second-order valence-electron chi connectivity index (χ2n) is 2.77. The highest BCUT2D eigenvalue weighted by atomic mass is 16.5. The van der Waals surface area contributed by atoms with Crippen molar-refractivity contribution in [3.8, 4) is 0 Å². The zero-order valence-electron chi connectivity index (χ0n) is 8.02. The highest BCUT2D eigenvalue weighted by Gasteiger charge is 2.16. The van der Waals surface area contributed by atoms with Gasteiger partial charge in [0.2, 0.25) is 5.95 Å². The minimum Gasteiger partial charge on any atom is -0.377 e. The summed E-state index contributed by atoms with van der Waals surface area (Å²) < 4.78 is 5.04. The summed E-state index contributed by atoms with van der Waals surface area (Å²) in [5.41, 5.74) is 11.1. The number of nitrogens with zero attached hydrogens (tertiary/aromatic N) is 2. The number of hydrogen-bond donors (Lipinski definition) is 2. The quantitative estimate of drug-likeness (QED) is 0.700. The molecule has 1 unspecified atom stereocenters. The van der Waals surface area contributed by atoms with E-state index in [9.17, 15) is 4.79 Å². The molecule has 1 atom stereocenters. The average molecular weight is 196 g/mol. The Balaban J connectivity index is 3.21. The van der Waals surface area contributed by atoms with Crippen LogP contribution in [-0.2, 0) is 4.74 Å². The van der Waals surface area contributed by atoms with E-state index in [4.69, 9.17) is 16.2 Å². The van der Waals surface area contributed by atoms with Gasteiger partial charge in [0.15, 0.2) is 0 Å². The fourth-order valence-corrected chi connectivity index (χ4v) is 1.03. The number of carbonyl (C=O) groups is 1. The lowest BCUT2D eigenvalue weighted by Gasteiger charge is -2.11. The maximum absolute atomic E-state index is 11.0. The van der Waals surface area contributed by atoms with Gasteiger partial charge < -0.3 is 16.2 Å². The number of nitrogens with two attached hydrogens (primary N) is 2. The number of nitrogen functional groups attached to an aromatic ring is 1. The van der Waals surface area contributed by atoms with E-state index in [2.05, 4.69) is 9.97 Å². The number of amides is 1. The van der Waals surface area contributed by atoms with Gasteiger partial charge in [0.05, 0.1) is 6.10 Å². The van der Waals surface area contributed by atoms with Crippen molar-refractivity contribution >= 4 is 11.9 Å². The molecule has 14 heavy (non-hydrogen) atoms. The summed E-state index contributed by atoms with van der Waals surface area (Å²) in [6.45, 7) is 1.77. The Bertz CT molecular complexity index is 353. The molecule has 1 aromatic heterocycles. The molecule has 0 aliphatic heterocycles. The lowest BCUT2D eigenvalue weighted by atomic mass is 10.1. The predicted octanol–water partition coefficient (Wildman–Crippen LogP) is -0.135. The minimum absolute atomic E-state index is 0.0193. The number of methoxy groups -OCH3 is 1. The predicted molar refractivity (Wildman–Crippen MR) is 50.4 cm³/mol. The topological polar surface area (TPSA) is 104 Å². The second kappa shape index (κ2) is 4.01. The Morgan fingerprint density at radius 3 is 2.79 bits per heavy atom. The van der Waals surface area contributed by atoms with Crippen molar-refractivity contribution in [3.05, 3.63) is 17.5 Å². The van der Waals surface area contributed by atoms with Crippen LogP contribution in [0.1, 0.15) is 29.1 Å². The molecule has 0 aromatic carbocycles. The number of primary amides is 1. The lowest BCUT2D eigenvalue weighted by molar-refractivity contribution is 0.0970. The molecule has 4 N–H and O–H groups in total. The first-order chi connectivity index (χ1) is 6.56. The normalized spacial score (nSPS) is 12.4. The molecular weight excluding hydrogens is 184 g/mol. The standard InChI is InChI=1S/C8H12N4O2/c1-4(14-2)5-3-11-8(10)12-6(5)7(9)13/h3-4H,1-2H3,(H2,9,13)(H2,10,11,12). The van der Waals surface area contributed by atoms with Crippen LogP contribution in [0.3, 0.4) is 0 Å². The molecule has 1 amide bonds. The van der Waals surface area contributed by atoms with Gasteiger partial charge in [-0.15, -0.1) is 0 Å². The molecule has 0 radical (unpaired) electrons. The first kappa shape index (κ1) is 10.4. The second-order valence-corrected chi connectivity index (χ2v) is 2.77. The van der Waals surface area contributed by atoms with Crippen LogP contribution in [0.25, 0.3) is 0 Å². The Kier molecular flexibility index (Phi) is 2.98. The van der Waals surface area contributed by atoms with Crippen LogP contribution in [0.2, 0.25) is 0 Å². The Morgan fingerprint density at radius 1 is 1.64 bits per heavy atom. The molecule has 0 aliphatic rings. The van der Waals surface area contributed by atoms with Gasteiger partial charge in [-0.05, 0) is 6.92 Å². The fraction of sp³-hybridized carbons (Fsp3) is 0.375. The zero-order chi connectivity index (χ0) is 10.7.